The Hall–Kier alpha value is -1.40. The summed E-state index contributed by atoms with van der Waals surface area (Å²) in [6, 6.07) is -0.562. The van der Waals surface area contributed by atoms with E-state index in [1.807, 2.05) is 0 Å². The fourth-order valence-electron chi connectivity index (χ4n) is 9.46. The fourth-order valence-corrected chi connectivity index (χ4v) is 9.46. The van der Waals surface area contributed by atoms with Gasteiger partial charge in [-0.15, -0.1) is 0 Å². The van der Waals surface area contributed by atoms with E-state index >= 15 is 0 Å². The van der Waals surface area contributed by atoms with E-state index in [4.69, 9.17) is 4.74 Å². The number of ether oxygens (including phenoxy) is 1. The first kappa shape index (κ1) is 64.6. The van der Waals surface area contributed by atoms with Gasteiger partial charge in [-0.3, -0.25) is 9.59 Å². The van der Waals surface area contributed by atoms with Crippen molar-refractivity contribution in [2.24, 2.45) is 0 Å². The number of nitrogens with one attached hydrogen (secondary N) is 1. The molecule has 0 bridgehead atoms. The van der Waals surface area contributed by atoms with Crippen LogP contribution in [0, 0.1) is 0 Å². The molecular weight excluding hydrogens is 815 g/mol. The van der Waals surface area contributed by atoms with Gasteiger partial charge in [-0.1, -0.05) is 283 Å². The highest BCUT2D eigenvalue weighted by Crippen LogP contribution is 2.18. The number of rotatable bonds is 56. The Kier molecular flexibility index (Phi) is 55.0. The van der Waals surface area contributed by atoms with Crippen LogP contribution in [-0.4, -0.2) is 47.4 Å². The lowest BCUT2D eigenvalue weighted by Gasteiger charge is -2.22. The number of unbranched alkanes of at least 4 members (excludes halogenated alkanes) is 43. The molecular formula is C60H117NO5. The minimum atomic E-state index is -0.682. The summed E-state index contributed by atoms with van der Waals surface area (Å²) in [6.45, 7) is 4.93. The molecule has 2 unspecified atom stereocenters. The van der Waals surface area contributed by atoms with E-state index < -0.39 is 12.1 Å². The number of amides is 1. The highest BCUT2D eigenvalue weighted by molar-refractivity contribution is 5.76. The average molecular weight is 933 g/mol. The third kappa shape index (κ3) is 52.0. The lowest BCUT2D eigenvalue weighted by Crippen LogP contribution is -2.45. The normalized spacial score (nSPS) is 12.6. The Morgan fingerprint density at radius 1 is 0.409 bits per heavy atom. The van der Waals surface area contributed by atoms with Crippen LogP contribution in [0.5, 0.6) is 0 Å². The molecule has 1 amide bonds. The van der Waals surface area contributed by atoms with Gasteiger partial charge >= 0.3 is 5.97 Å². The molecule has 0 spiro atoms. The van der Waals surface area contributed by atoms with Crippen LogP contribution in [-0.2, 0) is 14.3 Å². The van der Waals surface area contributed by atoms with Crippen LogP contribution in [0.25, 0.3) is 0 Å². The van der Waals surface area contributed by atoms with Crippen molar-refractivity contribution >= 4 is 11.9 Å². The Balaban J connectivity index is 3.47. The summed E-state index contributed by atoms with van der Waals surface area (Å²) >= 11 is 0. The molecule has 6 heteroatoms. The molecule has 0 aliphatic heterocycles. The summed E-state index contributed by atoms with van der Waals surface area (Å²) in [5, 5.41) is 23.3. The van der Waals surface area contributed by atoms with Crippen LogP contribution in [0.1, 0.15) is 335 Å². The van der Waals surface area contributed by atoms with E-state index in [1.54, 1.807) is 0 Å². The van der Waals surface area contributed by atoms with E-state index in [-0.39, 0.29) is 18.5 Å². The summed E-state index contributed by atoms with van der Waals surface area (Å²) in [5.74, 6) is -0.0717. The molecule has 0 heterocycles. The zero-order valence-electron chi connectivity index (χ0n) is 44.7. The van der Waals surface area contributed by atoms with Gasteiger partial charge < -0.3 is 20.3 Å². The number of esters is 1. The summed E-state index contributed by atoms with van der Waals surface area (Å²) in [6.07, 6.45) is 66.4. The first-order valence-corrected chi connectivity index (χ1v) is 29.9. The van der Waals surface area contributed by atoms with Crippen molar-refractivity contribution in [2.75, 3.05) is 13.2 Å². The molecule has 0 saturated heterocycles. The van der Waals surface area contributed by atoms with Crippen LogP contribution in [0.3, 0.4) is 0 Å². The summed E-state index contributed by atoms with van der Waals surface area (Å²) in [4.78, 5) is 24.5. The zero-order valence-corrected chi connectivity index (χ0v) is 44.7. The van der Waals surface area contributed by atoms with Crippen molar-refractivity contribution in [1.29, 1.82) is 0 Å². The van der Waals surface area contributed by atoms with Gasteiger partial charge in [0.1, 0.15) is 0 Å². The molecule has 66 heavy (non-hydrogen) atoms. The van der Waals surface area contributed by atoms with E-state index in [0.29, 0.717) is 25.9 Å². The number of hydrogen-bond donors (Lipinski definition) is 3. The highest BCUT2D eigenvalue weighted by atomic mass is 16.5. The predicted molar refractivity (Wildman–Crippen MR) is 287 cm³/mol. The lowest BCUT2D eigenvalue weighted by molar-refractivity contribution is -0.143. The van der Waals surface area contributed by atoms with Crippen molar-refractivity contribution in [3.05, 3.63) is 12.2 Å². The molecule has 0 aliphatic carbocycles. The van der Waals surface area contributed by atoms with E-state index in [2.05, 4.69) is 31.3 Å². The van der Waals surface area contributed by atoms with Gasteiger partial charge in [-0.05, 0) is 51.4 Å². The monoisotopic (exact) mass is 932 g/mol. The van der Waals surface area contributed by atoms with Gasteiger partial charge in [0.05, 0.1) is 25.4 Å². The van der Waals surface area contributed by atoms with Crippen molar-refractivity contribution in [3.8, 4) is 0 Å². The van der Waals surface area contributed by atoms with Gasteiger partial charge in [0.2, 0.25) is 5.91 Å². The van der Waals surface area contributed by atoms with Crippen molar-refractivity contribution in [2.45, 2.75) is 347 Å². The number of aliphatic hydroxyl groups is 2. The average Bonchev–Trinajstić information content (AvgIpc) is 3.32. The second-order valence-electron chi connectivity index (χ2n) is 20.7. The maximum Gasteiger partial charge on any atom is 0.305 e. The zero-order chi connectivity index (χ0) is 47.9. The maximum absolute atomic E-state index is 12.5. The first-order chi connectivity index (χ1) is 32.5. The molecule has 392 valence electrons. The van der Waals surface area contributed by atoms with Crippen LogP contribution in [0.2, 0.25) is 0 Å². The lowest BCUT2D eigenvalue weighted by atomic mass is 10.0. The molecule has 0 aromatic heterocycles. The van der Waals surface area contributed by atoms with Crippen molar-refractivity contribution in [1.82, 2.24) is 5.32 Å². The molecule has 2 atom stereocenters. The van der Waals surface area contributed by atoms with Crippen LogP contribution < -0.4 is 5.32 Å². The molecule has 0 aliphatic rings. The quantitative estimate of drug-likeness (QED) is 0.0321. The van der Waals surface area contributed by atoms with Gasteiger partial charge in [-0.2, -0.15) is 0 Å². The summed E-state index contributed by atoms with van der Waals surface area (Å²) in [5.41, 5.74) is 0. The molecule has 3 N–H and O–H groups in total. The minimum absolute atomic E-state index is 0.0108. The molecule has 0 aromatic carbocycles. The number of allylic oxidation sites excluding steroid dienone is 2. The number of carbonyl (C=O) groups is 2. The smallest absolute Gasteiger partial charge is 0.305 e. The van der Waals surface area contributed by atoms with Crippen LogP contribution in [0.15, 0.2) is 12.2 Å². The highest BCUT2D eigenvalue weighted by Gasteiger charge is 2.20. The number of hydrogen-bond acceptors (Lipinski definition) is 5. The Labute approximate surface area is 412 Å². The van der Waals surface area contributed by atoms with Gasteiger partial charge in [0, 0.05) is 12.8 Å². The van der Waals surface area contributed by atoms with Gasteiger partial charge in [-0.25, -0.2) is 0 Å². The number of aliphatic hydroxyl groups excluding tert-OH is 2. The topological polar surface area (TPSA) is 95.9 Å². The molecule has 0 saturated carbocycles. The second-order valence-corrected chi connectivity index (χ2v) is 20.7. The largest absolute Gasteiger partial charge is 0.466 e. The molecule has 0 rings (SSSR count). The SMILES string of the molecule is CCCCCCCCCCCCCCCCCCCCCCCCCCC(O)C(CO)NC(=O)CCCCC/C=C\CCCCCCCCOC(=O)CCCCCCCCCCCCCC. The van der Waals surface area contributed by atoms with E-state index in [9.17, 15) is 19.8 Å². The minimum Gasteiger partial charge on any atom is -0.466 e. The fraction of sp³-hybridized carbons (Fsp3) is 0.933. The second kappa shape index (κ2) is 56.2. The molecule has 6 nitrogen and oxygen atoms in total. The van der Waals surface area contributed by atoms with Crippen LogP contribution >= 0.6 is 0 Å². The number of carbonyl (C=O) groups excluding carboxylic acids is 2. The van der Waals surface area contributed by atoms with E-state index in [1.165, 1.54) is 231 Å². The Morgan fingerprint density at radius 3 is 1.09 bits per heavy atom. The van der Waals surface area contributed by atoms with Gasteiger partial charge in [0.25, 0.3) is 0 Å². The molecule has 0 radical (unpaired) electrons. The van der Waals surface area contributed by atoms with E-state index in [0.717, 1.165) is 70.6 Å². The Morgan fingerprint density at radius 2 is 0.712 bits per heavy atom. The summed E-state index contributed by atoms with van der Waals surface area (Å²) in [7, 11) is 0. The third-order valence-electron chi connectivity index (χ3n) is 14.1. The molecule has 0 fully saturated rings. The molecule has 0 aromatic rings. The Bertz CT molecular complexity index is 986. The van der Waals surface area contributed by atoms with Crippen LogP contribution in [0.4, 0.5) is 0 Å². The maximum atomic E-state index is 12.5. The first-order valence-electron chi connectivity index (χ1n) is 29.9. The van der Waals surface area contributed by atoms with Crippen molar-refractivity contribution in [3.63, 3.8) is 0 Å². The third-order valence-corrected chi connectivity index (χ3v) is 14.1. The van der Waals surface area contributed by atoms with Gasteiger partial charge in [0.15, 0.2) is 0 Å². The van der Waals surface area contributed by atoms with Crippen molar-refractivity contribution < 1.29 is 24.5 Å². The summed E-state index contributed by atoms with van der Waals surface area (Å²) < 4.78 is 5.45. The standard InChI is InChI=1S/C60H117NO5/c1-3-5-7-9-11-13-15-17-18-19-20-21-22-23-24-25-26-27-29-32-36-40-44-48-52-58(63)57(56-62)61-59(64)53-49-45-41-37-33-30-28-31-35-39-43-47-51-55-66-60(65)54-50-46-42-38-34-16-14-12-10-8-6-4-2/h30,33,57-58,62-63H,3-29,31-32,34-56H2,1-2H3,(H,61,64)/b33-30-. The predicted octanol–water partition coefficient (Wildman–Crippen LogP) is 18.5.